The number of rotatable bonds is 0. The smallest absolute Gasteiger partial charge is 0.267 e. The molecular weight excluding hydrogens is 138 g/mol. The minimum absolute atomic E-state index is 0.119. The van der Waals surface area contributed by atoms with Gasteiger partial charge in [-0.15, -0.1) is 0 Å². The van der Waals surface area contributed by atoms with Gasteiger partial charge >= 0.3 is 0 Å². The summed E-state index contributed by atoms with van der Waals surface area (Å²) in [6.07, 6.45) is 2.44. The fraction of sp³-hybridized carbons (Fsp3) is 0.111. The molecule has 0 saturated heterocycles. The van der Waals surface area contributed by atoms with E-state index in [9.17, 15) is 4.79 Å². The van der Waals surface area contributed by atoms with Crippen LogP contribution in [0.25, 0.3) is 0 Å². The zero-order chi connectivity index (χ0) is 7.68. The Hall–Kier alpha value is -1.44. The number of benzene rings is 1. The predicted molar refractivity (Wildman–Crippen MR) is 43.0 cm³/mol. The van der Waals surface area contributed by atoms with Crippen molar-refractivity contribution in [2.75, 3.05) is 0 Å². The van der Waals surface area contributed by atoms with Crippen molar-refractivity contribution in [3.05, 3.63) is 35.4 Å². The minimum atomic E-state index is -0.119. The van der Waals surface area contributed by atoms with E-state index in [1.807, 2.05) is 24.3 Å². The van der Waals surface area contributed by atoms with Gasteiger partial charge in [-0.2, -0.15) is 0 Å². The highest BCUT2D eigenvalue weighted by atomic mass is 16.1. The lowest BCUT2D eigenvalue weighted by atomic mass is 10.0. The van der Waals surface area contributed by atoms with Gasteiger partial charge in [0.2, 0.25) is 0 Å². The number of carbonyl (C=O) groups excluding carboxylic acids is 1. The molecule has 1 aliphatic rings. The highest BCUT2D eigenvalue weighted by molar-refractivity contribution is 6.03. The second kappa shape index (κ2) is 2.31. The summed E-state index contributed by atoms with van der Waals surface area (Å²) in [6, 6.07) is 7.56. The second-order valence-electron chi connectivity index (χ2n) is 2.48. The molecule has 0 unspecified atom stereocenters. The van der Waals surface area contributed by atoms with Crippen LogP contribution in [-0.2, 0) is 6.42 Å². The molecule has 2 heteroatoms. The Kier molecular flexibility index (Phi) is 1.32. The first-order chi connectivity index (χ1) is 5.38. The normalized spacial score (nSPS) is 14.7. The first kappa shape index (κ1) is 6.28. The standard InChI is InChI=1S/C9H7NO/c11-9-8-4-2-1-3-7(8)5-6-10-9/h1-4,6H,5H2. The van der Waals surface area contributed by atoms with Gasteiger partial charge in [-0.05, 0) is 11.6 Å². The van der Waals surface area contributed by atoms with Crippen molar-refractivity contribution in [1.29, 1.82) is 0 Å². The van der Waals surface area contributed by atoms with Crippen molar-refractivity contribution in [3.63, 3.8) is 0 Å². The third-order valence-corrected chi connectivity index (χ3v) is 1.77. The molecule has 1 aromatic rings. The molecule has 1 aliphatic heterocycles. The van der Waals surface area contributed by atoms with Crippen molar-refractivity contribution in [2.45, 2.75) is 6.42 Å². The van der Waals surface area contributed by atoms with E-state index < -0.39 is 0 Å². The molecule has 0 atom stereocenters. The monoisotopic (exact) mass is 145 g/mol. The number of aliphatic imine (C=N–C) groups is 1. The molecule has 1 amide bonds. The van der Waals surface area contributed by atoms with Gasteiger partial charge in [-0.3, -0.25) is 4.79 Å². The van der Waals surface area contributed by atoms with Crippen LogP contribution in [0.3, 0.4) is 0 Å². The summed E-state index contributed by atoms with van der Waals surface area (Å²) in [5.41, 5.74) is 1.82. The molecule has 2 rings (SSSR count). The molecule has 0 spiro atoms. The first-order valence-corrected chi connectivity index (χ1v) is 3.53. The van der Waals surface area contributed by atoms with Gasteiger partial charge < -0.3 is 0 Å². The van der Waals surface area contributed by atoms with Crippen LogP contribution in [0.1, 0.15) is 15.9 Å². The van der Waals surface area contributed by atoms with Gasteiger partial charge in [0.25, 0.3) is 5.91 Å². The Bertz CT molecular complexity index is 328. The lowest BCUT2D eigenvalue weighted by Gasteiger charge is -2.06. The quantitative estimate of drug-likeness (QED) is 0.543. The van der Waals surface area contributed by atoms with Crippen molar-refractivity contribution >= 4 is 12.1 Å². The molecule has 1 heterocycles. The Morgan fingerprint density at radius 2 is 2.09 bits per heavy atom. The lowest BCUT2D eigenvalue weighted by molar-refractivity contribution is 0.100. The number of hydrogen-bond donors (Lipinski definition) is 0. The summed E-state index contributed by atoms with van der Waals surface area (Å²) in [5.74, 6) is -0.119. The highest BCUT2D eigenvalue weighted by Crippen LogP contribution is 2.13. The van der Waals surface area contributed by atoms with Crippen LogP contribution in [-0.4, -0.2) is 12.1 Å². The van der Waals surface area contributed by atoms with Crippen molar-refractivity contribution < 1.29 is 4.79 Å². The van der Waals surface area contributed by atoms with E-state index >= 15 is 0 Å². The summed E-state index contributed by atoms with van der Waals surface area (Å²) in [6.45, 7) is 0. The zero-order valence-corrected chi connectivity index (χ0v) is 5.95. The first-order valence-electron chi connectivity index (χ1n) is 3.53. The molecule has 54 valence electrons. The van der Waals surface area contributed by atoms with Gasteiger partial charge in [-0.1, -0.05) is 18.2 Å². The molecule has 11 heavy (non-hydrogen) atoms. The largest absolute Gasteiger partial charge is 0.276 e. The van der Waals surface area contributed by atoms with Gasteiger partial charge in [0.15, 0.2) is 0 Å². The van der Waals surface area contributed by atoms with Crippen molar-refractivity contribution in [3.8, 4) is 0 Å². The molecule has 0 N–H and O–H groups in total. The summed E-state index contributed by atoms with van der Waals surface area (Å²) in [5, 5.41) is 0. The number of amides is 1. The zero-order valence-electron chi connectivity index (χ0n) is 5.95. The maximum absolute atomic E-state index is 11.1. The Balaban J connectivity index is 2.59. The molecule has 0 saturated carbocycles. The van der Waals surface area contributed by atoms with Crippen LogP contribution >= 0.6 is 0 Å². The molecular formula is C9H7NO. The molecule has 0 aliphatic carbocycles. The average Bonchev–Trinajstić information content (AvgIpc) is 2.06. The Morgan fingerprint density at radius 1 is 1.27 bits per heavy atom. The van der Waals surface area contributed by atoms with Crippen LogP contribution in [0.4, 0.5) is 0 Å². The predicted octanol–water partition coefficient (Wildman–Crippen LogP) is 1.45. The van der Waals surface area contributed by atoms with E-state index in [-0.39, 0.29) is 5.91 Å². The van der Waals surface area contributed by atoms with E-state index in [2.05, 4.69) is 4.99 Å². The van der Waals surface area contributed by atoms with Crippen LogP contribution in [0.15, 0.2) is 29.3 Å². The van der Waals surface area contributed by atoms with E-state index in [0.29, 0.717) is 0 Å². The number of carbonyl (C=O) groups is 1. The summed E-state index contributed by atoms with van der Waals surface area (Å²) >= 11 is 0. The molecule has 0 aromatic heterocycles. The molecule has 0 radical (unpaired) electrons. The van der Waals surface area contributed by atoms with Crippen LogP contribution in [0.2, 0.25) is 0 Å². The van der Waals surface area contributed by atoms with E-state index in [0.717, 1.165) is 17.5 Å². The van der Waals surface area contributed by atoms with E-state index in [4.69, 9.17) is 0 Å². The lowest BCUT2D eigenvalue weighted by Crippen LogP contribution is -2.07. The maximum atomic E-state index is 11.1. The van der Waals surface area contributed by atoms with Crippen molar-refractivity contribution in [1.82, 2.24) is 0 Å². The van der Waals surface area contributed by atoms with Gasteiger partial charge in [0.1, 0.15) is 0 Å². The fourth-order valence-electron chi connectivity index (χ4n) is 1.20. The molecule has 2 nitrogen and oxygen atoms in total. The number of nitrogens with zero attached hydrogens (tertiary/aromatic N) is 1. The van der Waals surface area contributed by atoms with E-state index in [1.165, 1.54) is 0 Å². The van der Waals surface area contributed by atoms with Crippen LogP contribution < -0.4 is 0 Å². The van der Waals surface area contributed by atoms with Crippen LogP contribution in [0, 0.1) is 0 Å². The third kappa shape index (κ3) is 0.963. The summed E-state index contributed by atoms with van der Waals surface area (Å²) in [4.78, 5) is 14.8. The molecule has 0 fully saturated rings. The second-order valence-corrected chi connectivity index (χ2v) is 2.48. The highest BCUT2D eigenvalue weighted by Gasteiger charge is 2.11. The van der Waals surface area contributed by atoms with E-state index in [1.54, 1.807) is 6.21 Å². The average molecular weight is 145 g/mol. The van der Waals surface area contributed by atoms with Gasteiger partial charge in [0.05, 0.1) is 0 Å². The van der Waals surface area contributed by atoms with Gasteiger partial charge in [0, 0.05) is 18.2 Å². The summed E-state index contributed by atoms with van der Waals surface area (Å²) < 4.78 is 0. The summed E-state index contributed by atoms with van der Waals surface area (Å²) in [7, 11) is 0. The fourth-order valence-corrected chi connectivity index (χ4v) is 1.20. The minimum Gasteiger partial charge on any atom is -0.267 e. The Morgan fingerprint density at radius 3 is 2.91 bits per heavy atom. The topological polar surface area (TPSA) is 29.4 Å². The SMILES string of the molecule is O=C1N=CCc2ccccc21. The van der Waals surface area contributed by atoms with Crippen molar-refractivity contribution in [2.24, 2.45) is 4.99 Å². The Labute approximate surface area is 64.6 Å². The maximum Gasteiger partial charge on any atom is 0.276 e. The number of fused-ring (bicyclic) bond motifs is 1. The van der Waals surface area contributed by atoms with Crippen LogP contribution in [0.5, 0.6) is 0 Å². The third-order valence-electron chi connectivity index (χ3n) is 1.77. The number of hydrogen-bond acceptors (Lipinski definition) is 1. The van der Waals surface area contributed by atoms with Gasteiger partial charge in [-0.25, -0.2) is 4.99 Å². The molecule has 0 bridgehead atoms. The molecule has 1 aromatic carbocycles.